The second-order valence-electron chi connectivity index (χ2n) is 5.16. The zero-order valence-electron chi connectivity index (χ0n) is 15.1. The number of nitrogens with zero attached hydrogens (tertiary/aromatic N) is 4. The van der Waals surface area contributed by atoms with Gasteiger partial charge in [-0.25, -0.2) is 9.48 Å². The molecule has 0 aliphatic rings. The first-order chi connectivity index (χ1) is 13.2. The first-order valence-electron chi connectivity index (χ1n) is 8.11. The summed E-state index contributed by atoms with van der Waals surface area (Å²) in [5, 5.41) is 4.17. The lowest BCUT2D eigenvalue weighted by atomic mass is 10.1. The summed E-state index contributed by atoms with van der Waals surface area (Å²) in [6, 6.07) is 8.31. The number of carbonyl (C=O) groups excluding carboxylic acids is 1. The summed E-state index contributed by atoms with van der Waals surface area (Å²) in [6.07, 6.45) is 3.32. The van der Waals surface area contributed by atoms with Gasteiger partial charge in [0.05, 0.1) is 32.6 Å². The fourth-order valence-corrected chi connectivity index (χ4v) is 2.35. The molecule has 0 aliphatic heterocycles. The molecule has 3 rings (SSSR count). The highest BCUT2D eigenvalue weighted by Crippen LogP contribution is 2.30. The summed E-state index contributed by atoms with van der Waals surface area (Å²) < 4.78 is 22.7. The van der Waals surface area contributed by atoms with Gasteiger partial charge in [-0.3, -0.25) is 0 Å². The smallest absolute Gasteiger partial charge is 0.344 e. The summed E-state index contributed by atoms with van der Waals surface area (Å²) in [4.78, 5) is 20.8. The SMILES string of the molecule is CCOC(=O)c1c(Oc2nc(OC)cc(OC)n2)cccc1-n1cccn1. The van der Waals surface area contributed by atoms with Crippen molar-refractivity contribution >= 4 is 5.97 Å². The second-order valence-corrected chi connectivity index (χ2v) is 5.16. The molecule has 0 unspecified atom stereocenters. The van der Waals surface area contributed by atoms with Crippen molar-refractivity contribution < 1.29 is 23.7 Å². The van der Waals surface area contributed by atoms with E-state index in [1.807, 2.05) is 0 Å². The first-order valence-corrected chi connectivity index (χ1v) is 8.11. The van der Waals surface area contributed by atoms with Crippen LogP contribution in [0.25, 0.3) is 5.69 Å². The third kappa shape index (κ3) is 3.97. The Morgan fingerprint density at radius 3 is 2.44 bits per heavy atom. The number of methoxy groups -OCH3 is 2. The van der Waals surface area contributed by atoms with E-state index in [1.54, 1.807) is 48.3 Å². The van der Waals surface area contributed by atoms with Crippen molar-refractivity contribution in [1.29, 1.82) is 0 Å². The topological polar surface area (TPSA) is 97.6 Å². The van der Waals surface area contributed by atoms with Gasteiger partial charge < -0.3 is 18.9 Å². The molecule has 0 fully saturated rings. The average molecular weight is 370 g/mol. The predicted molar refractivity (Wildman–Crippen MR) is 94.7 cm³/mol. The number of esters is 1. The second kappa shape index (κ2) is 8.17. The standard InChI is InChI=1S/C18H18N4O5/c1-4-26-17(23)16-12(22-10-6-9-19-22)7-5-8-13(16)27-18-20-14(24-2)11-15(21-18)25-3/h5-11H,4H2,1-3H3. The minimum atomic E-state index is -0.548. The Balaban J connectivity index is 2.07. The Labute approximate surface area is 155 Å². The van der Waals surface area contributed by atoms with E-state index in [9.17, 15) is 4.79 Å². The first kappa shape index (κ1) is 18.2. The summed E-state index contributed by atoms with van der Waals surface area (Å²) in [5.74, 6) is 0.195. The molecule has 0 N–H and O–H groups in total. The number of hydrogen-bond donors (Lipinski definition) is 0. The van der Waals surface area contributed by atoms with E-state index < -0.39 is 5.97 Å². The summed E-state index contributed by atoms with van der Waals surface area (Å²) >= 11 is 0. The molecule has 0 atom stereocenters. The van der Waals surface area contributed by atoms with Crippen LogP contribution in [-0.4, -0.2) is 46.5 Å². The van der Waals surface area contributed by atoms with Crippen molar-refractivity contribution in [1.82, 2.24) is 19.7 Å². The fraction of sp³-hybridized carbons (Fsp3) is 0.222. The molecule has 3 aromatic rings. The van der Waals surface area contributed by atoms with Crippen LogP contribution >= 0.6 is 0 Å². The van der Waals surface area contributed by atoms with Crippen molar-refractivity contribution in [2.45, 2.75) is 6.92 Å². The minimum absolute atomic E-state index is 0.0330. The lowest BCUT2D eigenvalue weighted by Gasteiger charge is -2.14. The van der Waals surface area contributed by atoms with Crippen LogP contribution in [0.15, 0.2) is 42.7 Å². The van der Waals surface area contributed by atoms with E-state index in [-0.39, 0.29) is 35.7 Å². The van der Waals surface area contributed by atoms with Gasteiger partial charge in [0.2, 0.25) is 11.8 Å². The van der Waals surface area contributed by atoms with Crippen LogP contribution in [0, 0.1) is 0 Å². The number of hydrogen-bond acceptors (Lipinski definition) is 8. The summed E-state index contributed by atoms with van der Waals surface area (Å²) in [5.41, 5.74) is 0.708. The van der Waals surface area contributed by atoms with Gasteiger partial charge in [0.15, 0.2) is 0 Å². The van der Waals surface area contributed by atoms with Gasteiger partial charge in [0.1, 0.15) is 11.3 Å². The van der Waals surface area contributed by atoms with E-state index >= 15 is 0 Å². The average Bonchev–Trinajstić information content (AvgIpc) is 3.22. The maximum Gasteiger partial charge on any atom is 0.344 e. The van der Waals surface area contributed by atoms with Crippen molar-refractivity contribution in [3.63, 3.8) is 0 Å². The van der Waals surface area contributed by atoms with Crippen LogP contribution in [-0.2, 0) is 4.74 Å². The summed E-state index contributed by atoms with van der Waals surface area (Å²) in [7, 11) is 2.93. The highest BCUT2D eigenvalue weighted by Gasteiger charge is 2.22. The van der Waals surface area contributed by atoms with Gasteiger partial charge in [-0.1, -0.05) is 6.07 Å². The zero-order valence-corrected chi connectivity index (χ0v) is 15.1. The Kier molecular flexibility index (Phi) is 5.50. The molecule has 0 saturated heterocycles. The molecule has 1 aromatic carbocycles. The number of ether oxygens (including phenoxy) is 4. The van der Waals surface area contributed by atoms with Gasteiger partial charge in [0, 0.05) is 12.4 Å². The summed E-state index contributed by atoms with van der Waals surface area (Å²) in [6.45, 7) is 1.94. The highest BCUT2D eigenvalue weighted by atomic mass is 16.5. The van der Waals surface area contributed by atoms with Crippen molar-refractivity contribution in [3.05, 3.63) is 48.3 Å². The monoisotopic (exact) mass is 370 g/mol. The van der Waals surface area contributed by atoms with Gasteiger partial charge in [-0.2, -0.15) is 15.1 Å². The normalized spacial score (nSPS) is 10.3. The quantitative estimate of drug-likeness (QED) is 0.586. The molecule has 9 heteroatoms. The molecule has 0 spiro atoms. The highest BCUT2D eigenvalue weighted by molar-refractivity contribution is 5.96. The Morgan fingerprint density at radius 1 is 1.11 bits per heavy atom. The largest absolute Gasteiger partial charge is 0.481 e. The molecular weight excluding hydrogens is 352 g/mol. The molecule has 0 bridgehead atoms. The van der Waals surface area contributed by atoms with Crippen LogP contribution < -0.4 is 14.2 Å². The van der Waals surface area contributed by atoms with E-state index in [0.717, 1.165) is 0 Å². The molecule has 2 aromatic heterocycles. The Morgan fingerprint density at radius 2 is 1.85 bits per heavy atom. The van der Waals surface area contributed by atoms with Crippen molar-refractivity contribution in [3.8, 4) is 29.2 Å². The van der Waals surface area contributed by atoms with E-state index in [0.29, 0.717) is 5.69 Å². The van der Waals surface area contributed by atoms with E-state index in [4.69, 9.17) is 18.9 Å². The van der Waals surface area contributed by atoms with Gasteiger partial charge in [0.25, 0.3) is 0 Å². The molecule has 0 radical (unpaired) electrons. The van der Waals surface area contributed by atoms with Crippen LogP contribution in [0.5, 0.6) is 23.5 Å². The minimum Gasteiger partial charge on any atom is -0.481 e. The van der Waals surface area contributed by atoms with Crippen molar-refractivity contribution in [2.75, 3.05) is 20.8 Å². The van der Waals surface area contributed by atoms with Crippen LogP contribution in [0.4, 0.5) is 0 Å². The number of aromatic nitrogens is 4. The molecule has 0 amide bonds. The molecule has 9 nitrogen and oxygen atoms in total. The molecule has 0 aliphatic carbocycles. The molecule has 140 valence electrons. The van der Waals surface area contributed by atoms with Gasteiger partial charge in [-0.05, 0) is 25.1 Å². The van der Waals surface area contributed by atoms with E-state index in [1.165, 1.54) is 20.3 Å². The number of benzene rings is 1. The van der Waals surface area contributed by atoms with Crippen LogP contribution in [0.3, 0.4) is 0 Å². The molecule has 0 saturated carbocycles. The third-order valence-corrected chi connectivity index (χ3v) is 3.51. The lowest BCUT2D eigenvalue weighted by molar-refractivity contribution is 0.0523. The van der Waals surface area contributed by atoms with Crippen LogP contribution in [0.1, 0.15) is 17.3 Å². The molecule has 27 heavy (non-hydrogen) atoms. The Hall–Kier alpha value is -3.62. The maximum atomic E-state index is 12.6. The predicted octanol–water partition coefficient (Wildman–Crippen LogP) is 2.65. The van der Waals surface area contributed by atoms with E-state index in [2.05, 4.69) is 15.1 Å². The third-order valence-electron chi connectivity index (χ3n) is 3.51. The number of carbonyl (C=O) groups is 1. The molecular formula is C18H18N4O5. The molecule has 2 heterocycles. The number of rotatable bonds is 7. The Bertz CT molecular complexity index is 905. The van der Waals surface area contributed by atoms with Gasteiger partial charge in [-0.15, -0.1) is 0 Å². The van der Waals surface area contributed by atoms with Crippen LogP contribution in [0.2, 0.25) is 0 Å². The van der Waals surface area contributed by atoms with Gasteiger partial charge >= 0.3 is 12.0 Å². The zero-order chi connectivity index (χ0) is 19.2. The maximum absolute atomic E-state index is 12.6. The lowest BCUT2D eigenvalue weighted by Crippen LogP contribution is -2.12. The fourth-order valence-electron chi connectivity index (χ4n) is 2.35. The van der Waals surface area contributed by atoms with Crippen molar-refractivity contribution in [2.24, 2.45) is 0 Å².